The topological polar surface area (TPSA) is 89.3 Å². The minimum Gasteiger partial charge on any atom is -0.464 e. The first-order valence-electron chi connectivity index (χ1n) is 5.90. The maximum atomic E-state index is 12.5. The molecule has 1 N–H and O–H groups in total. The van der Waals surface area contributed by atoms with E-state index in [9.17, 15) is 19.5 Å². The smallest absolute Gasteiger partial charge is 0.416 e. The number of thiazole rings is 1. The highest BCUT2D eigenvalue weighted by Gasteiger charge is 2.21. The van der Waals surface area contributed by atoms with Crippen LogP contribution in [0.2, 0.25) is 0 Å². The highest BCUT2D eigenvalue weighted by atomic mass is 32.1. The second-order valence-corrected chi connectivity index (χ2v) is 5.10. The number of hydrogen-bond donors (Lipinski definition) is 1. The molecule has 3 aromatic rings. The van der Waals surface area contributed by atoms with Gasteiger partial charge in [0.1, 0.15) is 5.69 Å². The summed E-state index contributed by atoms with van der Waals surface area (Å²) in [4.78, 5) is 38.2. The van der Waals surface area contributed by atoms with Crippen molar-refractivity contribution >= 4 is 40.4 Å². The van der Waals surface area contributed by atoms with Crippen LogP contribution in [0.4, 0.5) is 4.79 Å². The zero-order valence-corrected chi connectivity index (χ0v) is 11.3. The van der Waals surface area contributed by atoms with Crippen LogP contribution in [0, 0.1) is 0 Å². The van der Waals surface area contributed by atoms with Crippen molar-refractivity contribution in [2.75, 3.05) is 0 Å². The molecule has 3 rings (SSSR count). The van der Waals surface area contributed by atoms with Gasteiger partial charge in [0.05, 0.1) is 11.1 Å². The van der Waals surface area contributed by atoms with Crippen LogP contribution < -0.4 is 0 Å². The van der Waals surface area contributed by atoms with Gasteiger partial charge < -0.3 is 5.11 Å². The minimum atomic E-state index is -1.17. The van der Waals surface area contributed by atoms with Crippen molar-refractivity contribution in [1.29, 1.82) is 0 Å². The Morgan fingerprint density at radius 2 is 2.05 bits per heavy atom. The lowest BCUT2D eigenvalue weighted by molar-refractivity contribution is 0.104. The summed E-state index contributed by atoms with van der Waals surface area (Å²) in [5, 5.41) is 11.4. The molecule has 0 atom stereocenters. The number of aldehydes is 1. The molecule has 0 fully saturated rings. The number of aromatic nitrogens is 2. The summed E-state index contributed by atoms with van der Waals surface area (Å²) in [6.45, 7) is 0. The molecule has 21 heavy (non-hydrogen) atoms. The zero-order chi connectivity index (χ0) is 15.0. The Labute approximate surface area is 122 Å². The number of hydrogen-bond acceptors (Lipinski definition) is 5. The quantitative estimate of drug-likeness (QED) is 0.593. The van der Waals surface area contributed by atoms with Gasteiger partial charge in [-0.2, -0.15) is 0 Å². The number of carbonyl (C=O) groups excluding carboxylic acids is 2. The molecular weight excluding hydrogens is 292 g/mol. The maximum absolute atomic E-state index is 12.5. The highest BCUT2D eigenvalue weighted by molar-refractivity contribution is 7.12. The lowest BCUT2D eigenvalue weighted by Gasteiger charge is -1.95. The highest BCUT2D eigenvalue weighted by Crippen LogP contribution is 2.24. The van der Waals surface area contributed by atoms with Crippen LogP contribution in [0.25, 0.3) is 10.9 Å². The van der Waals surface area contributed by atoms with Gasteiger partial charge in [-0.25, -0.2) is 9.78 Å². The van der Waals surface area contributed by atoms with Crippen molar-refractivity contribution in [2.24, 2.45) is 0 Å². The van der Waals surface area contributed by atoms with Gasteiger partial charge in [0.25, 0.3) is 0 Å². The fraction of sp³-hybridized carbons (Fsp3) is 0. The first-order chi connectivity index (χ1) is 10.1. The van der Waals surface area contributed by atoms with Crippen molar-refractivity contribution in [2.45, 2.75) is 0 Å². The van der Waals surface area contributed by atoms with Gasteiger partial charge in [0, 0.05) is 17.0 Å². The normalized spacial score (nSPS) is 10.7. The lowest BCUT2D eigenvalue weighted by atomic mass is 10.1. The van der Waals surface area contributed by atoms with E-state index in [1.54, 1.807) is 24.3 Å². The molecule has 0 saturated carbocycles. The predicted octanol–water partition coefficient (Wildman–Crippen LogP) is 2.67. The van der Waals surface area contributed by atoms with Crippen LogP contribution in [-0.2, 0) is 0 Å². The zero-order valence-electron chi connectivity index (χ0n) is 10.5. The van der Waals surface area contributed by atoms with Gasteiger partial charge in [-0.15, -0.1) is 11.3 Å². The summed E-state index contributed by atoms with van der Waals surface area (Å²) in [6.07, 6.45) is 0.670. The molecule has 0 unspecified atom stereocenters. The Morgan fingerprint density at radius 3 is 2.71 bits per heavy atom. The van der Waals surface area contributed by atoms with Crippen LogP contribution >= 0.6 is 11.3 Å². The molecular formula is C14H8N2O4S. The van der Waals surface area contributed by atoms with Crippen molar-refractivity contribution in [1.82, 2.24) is 9.55 Å². The molecule has 0 spiro atoms. The van der Waals surface area contributed by atoms with E-state index in [-0.39, 0.29) is 16.3 Å². The largest absolute Gasteiger partial charge is 0.464 e. The average molecular weight is 300 g/mol. The first-order valence-corrected chi connectivity index (χ1v) is 6.78. The number of carbonyl (C=O) groups is 3. The van der Waals surface area contributed by atoms with E-state index in [4.69, 9.17) is 0 Å². The SMILES string of the molecule is O=Cc1csc(C(=O)c2cn(C(=O)O)c3ccccc23)n1. The molecule has 0 aliphatic carbocycles. The number of fused-ring (bicyclic) bond motifs is 1. The number of carboxylic acid groups (broad SMARTS) is 1. The Bertz CT molecular complexity index is 878. The fourth-order valence-electron chi connectivity index (χ4n) is 2.08. The summed E-state index contributed by atoms with van der Waals surface area (Å²) in [5.41, 5.74) is 0.866. The van der Waals surface area contributed by atoms with Crippen LogP contribution in [-0.4, -0.2) is 32.8 Å². The number of nitrogens with zero attached hydrogens (tertiary/aromatic N) is 2. The molecule has 2 heterocycles. The number of ketones is 1. The van der Waals surface area contributed by atoms with Gasteiger partial charge in [0.2, 0.25) is 5.78 Å². The molecule has 0 bridgehead atoms. The minimum absolute atomic E-state index is 0.158. The van der Waals surface area contributed by atoms with Crippen molar-refractivity contribution in [3.63, 3.8) is 0 Å². The molecule has 6 nitrogen and oxygen atoms in total. The van der Waals surface area contributed by atoms with Crippen molar-refractivity contribution in [3.05, 3.63) is 52.1 Å². The van der Waals surface area contributed by atoms with E-state index >= 15 is 0 Å². The summed E-state index contributed by atoms with van der Waals surface area (Å²) in [7, 11) is 0. The Hall–Kier alpha value is -2.80. The van der Waals surface area contributed by atoms with Gasteiger partial charge in [-0.3, -0.25) is 14.2 Å². The molecule has 0 aliphatic rings. The third-order valence-electron chi connectivity index (χ3n) is 3.00. The van der Waals surface area contributed by atoms with Crippen LogP contribution in [0.1, 0.15) is 25.9 Å². The lowest BCUT2D eigenvalue weighted by Crippen LogP contribution is -2.06. The van der Waals surface area contributed by atoms with Gasteiger partial charge in [0.15, 0.2) is 11.3 Å². The number of benzene rings is 1. The third kappa shape index (κ3) is 2.13. The average Bonchev–Trinajstić information content (AvgIpc) is 3.11. The molecule has 104 valence electrons. The Kier molecular flexibility index (Phi) is 3.11. The second-order valence-electron chi connectivity index (χ2n) is 4.24. The monoisotopic (exact) mass is 300 g/mol. The summed E-state index contributed by atoms with van der Waals surface area (Å²) in [5.74, 6) is -0.399. The first kappa shape index (κ1) is 13.2. The van der Waals surface area contributed by atoms with Crippen molar-refractivity contribution in [3.8, 4) is 0 Å². The molecule has 0 saturated heterocycles. The molecule has 0 aliphatic heterocycles. The molecule has 2 aromatic heterocycles. The van der Waals surface area contributed by atoms with E-state index < -0.39 is 11.9 Å². The van der Waals surface area contributed by atoms with E-state index in [1.165, 1.54) is 11.6 Å². The summed E-state index contributed by atoms with van der Waals surface area (Å²) < 4.78 is 0.997. The molecule has 7 heteroatoms. The van der Waals surface area contributed by atoms with Crippen LogP contribution in [0.15, 0.2) is 35.8 Å². The number of rotatable bonds is 3. The fourth-order valence-corrected chi connectivity index (χ4v) is 2.79. The number of para-hydroxylation sites is 1. The molecule has 1 aromatic carbocycles. The summed E-state index contributed by atoms with van der Waals surface area (Å²) >= 11 is 1.05. The Morgan fingerprint density at radius 1 is 1.29 bits per heavy atom. The van der Waals surface area contributed by atoms with Crippen LogP contribution in [0.5, 0.6) is 0 Å². The molecule has 0 amide bonds. The maximum Gasteiger partial charge on any atom is 0.416 e. The second kappa shape index (κ2) is 4.95. The third-order valence-corrected chi connectivity index (χ3v) is 3.86. The standard InChI is InChI=1S/C14H8N2O4S/c17-6-8-7-21-13(15-8)12(18)10-5-16(14(19)20)11-4-2-1-3-9(10)11/h1-7H,(H,19,20). The van der Waals surface area contributed by atoms with Crippen LogP contribution in [0.3, 0.4) is 0 Å². The molecule has 0 radical (unpaired) electrons. The van der Waals surface area contributed by atoms with E-state index in [0.29, 0.717) is 17.2 Å². The van der Waals surface area contributed by atoms with Gasteiger partial charge >= 0.3 is 6.09 Å². The van der Waals surface area contributed by atoms with Crippen molar-refractivity contribution < 1.29 is 19.5 Å². The summed E-state index contributed by atoms with van der Waals surface area (Å²) in [6, 6.07) is 6.73. The predicted molar refractivity (Wildman–Crippen MR) is 76.3 cm³/mol. The van der Waals surface area contributed by atoms with E-state index in [0.717, 1.165) is 15.9 Å². The Balaban J connectivity index is 2.18. The van der Waals surface area contributed by atoms with Gasteiger partial charge in [-0.05, 0) is 6.07 Å². The van der Waals surface area contributed by atoms with E-state index in [1.807, 2.05) is 0 Å². The van der Waals surface area contributed by atoms with E-state index in [2.05, 4.69) is 4.98 Å². The van der Waals surface area contributed by atoms with Gasteiger partial charge in [-0.1, -0.05) is 18.2 Å².